The number of hydrogen-bond acceptors (Lipinski definition) is 2. The lowest BCUT2D eigenvalue weighted by Gasteiger charge is -2.09. The minimum absolute atomic E-state index is 0.215. The third kappa shape index (κ3) is 2.90. The van der Waals surface area contributed by atoms with E-state index in [4.69, 9.17) is 16.7 Å². The molecule has 2 N–H and O–H groups in total. The molecule has 0 fully saturated rings. The first-order valence-corrected chi connectivity index (χ1v) is 4.73. The second-order valence-corrected chi connectivity index (χ2v) is 3.32. The molecule has 0 spiro atoms. The minimum atomic E-state index is 0.215. The fourth-order valence-electron chi connectivity index (χ4n) is 1.10. The maximum absolute atomic E-state index is 8.60. The van der Waals surface area contributed by atoms with Crippen molar-refractivity contribution in [2.45, 2.75) is 13.3 Å². The maximum atomic E-state index is 8.60. The van der Waals surface area contributed by atoms with E-state index < -0.39 is 0 Å². The minimum Gasteiger partial charge on any atom is -0.396 e. The van der Waals surface area contributed by atoms with E-state index >= 15 is 0 Å². The molecule has 1 aromatic rings. The number of aliphatic hydroxyl groups excluding tert-OH is 1. The van der Waals surface area contributed by atoms with Crippen LogP contribution in [0.15, 0.2) is 18.2 Å². The summed E-state index contributed by atoms with van der Waals surface area (Å²) in [7, 11) is 0. The Morgan fingerprint density at radius 1 is 1.46 bits per heavy atom. The van der Waals surface area contributed by atoms with E-state index in [0.717, 1.165) is 29.2 Å². The molecule has 0 aliphatic carbocycles. The fraction of sp³-hybridized carbons (Fsp3) is 0.400. The molecule has 1 aromatic carbocycles. The van der Waals surface area contributed by atoms with Crippen LogP contribution in [0.5, 0.6) is 0 Å². The maximum Gasteiger partial charge on any atom is 0.0455 e. The quantitative estimate of drug-likeness (QED) is 0.731. The van der Waals surface area contributed by atoms with Crippen LogP contribution in [0.3, 0.4) is 0 Å². The van der Waals surface area contributed by atoms with Crippen molar-refractivity contribution in [3.8, 4) is 0 Å². The molecule has 13 heavy (non-hydrogen) atoms. The van der Waals surface area contributed by atoms with Crippen LogP contribution in [0.25, 0.3) is 0 Å². The van der Waals surface area contributed by atoms with Crippen molar-refractivity contribution in [3.63, 3.8) is 0 Å². The zero-order valence-corrected chi connectivity index (χ0v) is 8.43. The summed E-state index contributed by atoms with van der Waals surface area (Å²) in [6.45, 7) is 2.97. The highest BCUT2D eigenvalue weighted by molar-refractivity contribution is 6.31. The third-order valence-electron chi connectivity index (χ3n) is 1.92. The van der Waals surface area contributed by atoms with E-state index in [1.54, 1.807) is 0 Å². The molecule has 0 bridgehead atoms. The summed E-state index contributed by atoms with van der Waals surface area (Å²) in [5.41, 5.74) is 2.10. The third-order valence-corrected chi connectivity index (χ3v) is 2.33. The van der Waals surface area contributed by atoms with Crippen molar-refractivity contribution in [2.24, 2.45) is 0 Å². The normalized spacial score (nSPS) is 10.1. The summed E-state index contributed by atoms with van der Waals surface area (Å²) in [5, 5.41) is 12.6. The van der Waals surface area contributed by atoms with Crippen molar-refractivity contribution in [2.75, 3.05) is 18.5 Å². The molecule has 0 aromatic heterocycles. The number of aliphatic hydroxyl groups is 1. The van der Waals surface area contributed by atoms with Gasteiger partial charge in [-0.15, -0.1) is 0 Å². The lowest BCUT2D eigenvalue weighted by molar-refractivity contribution is 0.292. The molecule has 0 heterocycles. The van der Waals surface area contributed by atoms with Crippen LogP contribution < -0.4 is 5.32 Å². The van der Waals surface area contributed by atoms with E-state index in [1.807, 2.05) is 25.1 Å². The predicted molar refractivity (Wildman–Crippen MR) is 56.4 cm³/mol. The Morgan fingerprint density at radius 3 is 2.92 bits per heavy atom. The van der Waals surface area contributed by atoms with Gasteiger partial charge in [-0.2, -0.15) is 0 Å². The summed E-state index contributed by atoms with van der Waals surface area (Å²) in [4.78, 5) is 0. The molecule has 72 valence electrons. The molecule has 0 atom stereocenters. The molecular formula is C10H14ClNO. The second kappa shape index (κ2) is 5.10. The van der Waals surface area contributed by atoms with Crippen LogP contribution in [-0.2, 0) is 0 Å². The van der Waals surface area contributed by atoms with E-state index in [9.17, 15) is 0 Å². The highest BCUT2D eigenvalue weighted by Crippen LogP contribution is 2.22. The lowest BCUT2D eigenvalue weighted by atomic mass is 10.2. The molecule has 0 amide bonds. The van der Waals surface area contributed by atoms with E-state index in [-0.39, 0.29) is 6.61 Å². The Kier molecular flexibility index (Phi) is 4.06. The predicted octanol–water partition coefficient (Wildman–Crippen LogP) is 2.44. The van der Waals surface area contributed by atoms with Gasteiger partial charge in [-0.05, 0) is 31.0 Å². The first-order valence-electron chi connectivity index (χ1n) is 4.35. The van der Waals surface area contributed by atoms with Crippen molar-refractivity contribution in [1.82, 2.24) is 0 Å². The summed E-state index contributed by atoms with van der Waals surface area (Å²) in [5.74, 6) is 0. The first-order chi connectivity index (χ1) is 6.25. The van der Waals surface area contributed by atoms with Gasteiger partial charge in [0.15, 0.2) is 0 Å². The van der Waals surface area contributed by atoms with Gasteiger partial charge in [0, 0.05) is 23.9 Å². The van der Waals surface area contributed by atoms with Crippen molar-refractivity contribution < 1.29 is 5.11 Å². The van der Waals surface area contributed by atoms with Crippen LogP contribution in [-0.4, -0.2) is 18.3 Å². The van der Waals surface area contributed by atoms with Crippen molar-refractivity contribution in [1.29, 1.82) is 0 Å². The lowest BCUT2D eigenvalue weighted by Crippen LogP contribution is -2.04. The molecule has 0 radical (unpaired) electrons. The van der Waals surface area contributed by atoms with E-state index in [0.29, 0.717) is 0 Å². The highest BCUT2D eigenvalue weighted by atomic mass is 35.5. The summed E-state index contributed by atoms with van der Waals surface area (Å²) < 4.78 is 0. The average Bonchev–Trinajstić information content (AvgIpc) is 2.13. The monoisotopic (exact) mass is 199 g/mol. The molecule has 2 nitrogen and oxygen atoms in total. The number of nitrogens with one attached hydrogen (secondary N) is 1. The Labute approximate surface area is 83.5 Å². The summed E-state index contributed by atoms with van der Waals surface area (Å²) in [6.07, 6.45) is 0.756. The fourth-order valence-corrected chi connectivity index (χ4v) is 1.28. The zero-order valence-electron chi connectivity index (χ0n) is 7.68. The van der Waals surface area contributed by atoms with Crippen LogP contribution in [0, 0.1) is 6.92 Å². The first kappa shape index (κ1) is 10.4. The Bertz CT molecular complexity index is 276. The molecule has 0 saturated carbocycles. The second-order valence-electron chi connectivity index (χ2n) is 2.92. The largest absolute Gasteiger partial charge is 0.396 e. The number of benzene rings is 1. The molecule has 0 aliphatic rings. The smallest absolute Gasteiger partial charge is 0.0455 e. The molecule has 0 aliphatic heterocycles. The van der Waals surface area contributed by atoms with Gasteiger partial charge in [0.05, 0.1) is 0 Å². The Hall–Kier alpha value is -0.730. The van der Waals surface area contributed by atoms with Crippen molar-refractivity contribution >= 4 is 17.3 Å². The van der Waals surface area contributed by atoms with Gasteiger partial charge in [0.2, 0.25) is 0 Å². The molecule has 3 heteroatoms. The Balaban J connectivity index is 2.61. The highest BCUT2D eigenvalue weighted by Gasteiger charge is 1.99. The van der Waals surface area contributed by atoms with E-state index in [1.165, 1.54) is 0 Å². The van der Waals surface area contributed by atoms with Crippen LogP contribution in [0.2, 0.25) is 5.02 Å². The van der Waals surface area contributed by atoms with Gasteiger partial charge < -0.3 is 10.4 Å². The number of anilines is 1. The van der Waals surface area contributed by atoms with E-state index in [2.05, 4.69) is 5.32 Å². The number of rotatable bonds is 4. The van der Waals surface area contributed by atoms with Crippen LogP contribution in [0.1, 0.15) is 12.0 Å². The van der Waals surface area contributed by atoms with Crippen LogP contribution in [0.4, 0.5) is 5.69 Å². The molecular weight excluding hydrogens is 186 g/mol. The van der Waals surface area contributed by atoms with Gasteiger partial charge in [0.25, 0.3) is 0 Å². The standard InChI is InChI=1S/C10H14ClNO/c1-8-9(11)4-2-5-10(8)12-6-3-7-13/h2,4-5,12-13H,3,6-7H2,1H3. The number of halogens is 1. The van der Waals surface area contributed by atoms with Gasteiger partial charge in [-0.25, -0.2) is 0 Å². The van der Waals surface area contributed by atoms with Crippen molar-refractivity contribution in [3.05, 3.63) is 28.8 Å². The summed E-state index contributed by atoms with van der Waals surface area (Å²) in [6, 6.07) is 5.77. The van der Waals surface area contributed by atoms with Gasteiger partial charge in [-0.3, -0.25) is 0 Å². The van der Waals surface area contributed by atoms with Gasteiger partial charge >= 0.3 is 0 Å². The summed E-state index contributed by atoms with van der Waals surface area (Å²) >= 11 is 5.94. The molecule has 0 saturated heterocycles. The topological polar surface area (TPSA) is 32.3 Å². The van der Waals surface area contributed by atoms with Crippen LogP contribution >= 0.6 is 11.6 Å². The Morgan fingerprint density at radius 2 is 2.23 bits per heavy atom. The molecule has 0 unspecified atom stereocenters. The van der Waals surface area contributed by atoms with Gasteiger partial charge in [0.1, 0.15) is 0 Å². The average molecular weight is 200 g/mol. The van der Waals surface area contributed by atoms with Gasteiger partial charge in [-0.1, -0.05) is 17.7 Å². The SMILES string of the molecule is Cc1c(Cl)cccc1NCCCO. The number of hydrogen-bond donors (Lipinski definition) is 2. The molecule has 1 rings (SSSR count). The zero-order chi connectivity index (χ0) is 9.68.